The highest BCUT2D eigenvalue weighted by Gasteiger charge is 2.50. The Balaban J connectivity index is 1.69. The van der Waals surface area contributed by atoms with Crippen LogP contribution in [0.3, 0.4) is 0 Å². The lowest BCUT2D eigenvalue weighted by molar-refractivity contribution is -0.118. The Morgan fingerprint density at radius 1 is 1.33 bits per heavy atom. The molecule has 1 amide bonds. The molecule has 2 aliphatic heterocycles. The predicted molar refractivity (Wildman–Crippen MR) is 96.0 cm³/mol. The topological polar surface area (TPSA) is 75.7 Å². The second kappa shape index (κ2) is 6.57. The molecular weight excluding hydrogens is 348 g/mol. The van der Waals surface area contributed by atoms with Gasteiger partial charge in [-0.3, -0.25) is 4.79 Å². The van der Waals surface area contributed by atoms with E-state index in [9.17, 15) is 13.2 Å². The standard InChI is InChI=1S/C16H22N2O4S2/c1-16(8-3-9-18(2)24(16,20)21)15(19)17-12-4-6-13(7-5-12)22-14-10-23-11-14/h4-7,14H,3,8-11H2,1-2H3,(H,17,19)/t16-/m0/s1. The quantitative estimate of drug-likeness (QED) is 0.876. The first-order valence-electron chi connectivity index (χ1n) is 7.95. The van der Waals surface area contributed by atoms with Gasteiger partial charge in [0.1, 0.15) is 11.9 Å². The van der Waals surface area contributed by atoms with Crippen LogP contribution in [0.4, 0.5) is 5.69 Å². The Bertz CT molecular complexity index is 716. The van der Waals surface area contributed by atoms with E-state index in [1.165, 1.54) is 18.3 Å². The Kier molecular flexibility index (Phi) is 4.81. The maximum atomic E-state index is 12.6. The van der Waals surface area contributed by atoms with Crippen molar-refractivity contribution in [3.05, 3.63) is 24.3 Å². The van der Waals surface area contributed by atoms with Crippen LogP contribution in [-0.2, 0) is 14.8 Å². The number of sulfonamides is 1. The Morgan fingerprint density at radius 3 is 2.58 bits per heavy atom. The molecule has 8 heteroatoms. The summed E-state index contributed by atoms with van der Waals surface area (Å²) in [6, 6.07) is 7.06. The minimum Gasteiger partial charge on any atom is -0.489 e. The number of nitrogens with zero attached hydrogens (tertiary/aromatic N) is 1. The van der Waals surface area contributed by atoms with Crippen molar-refractivity contribution in [3.8, 4) is 5.75 Å². The average molecular weight is 370 g/mol. The van der Waals surface area contributed by atoms with E-state index in [4.69, 9.17) is 4.74 Å². The van der Waals surface area contributed by atoms with Crippen LogP contribution in [0, 0.1) is 0 Å². The molecular formula is C16H22N2O4S2. The Morgan fingerprint density at radius 2 is 2.00 bits per heavy atom. The van der Waals surface area contributed by atoms with Gasteiger partial charge in [0.15, 0.2) is 4.75 Å². The van der Waals surface area contributed by atoms with Crippen LogP contribution in [0.15, 0.2) is 24.3 Å². The zero-order chi connectivity index (χ0) is 17.4. The molecule has 0 aliphatic carbocycles. The van der Waals surface area contributed by atoms with Gasteiger partial charge in [-0.2, -0.15) is 11.8 Å². The van der Waals surface area contributed by atoms with E-state index in [-0.39, 0.29) is 6.10 Å². The van der Waals surface area contributed by atoms with Crippen LogP contribution in [0.1, 0.15) is 19.8 Å². The molecule has 24 heavy (non-hydrogen) atoms. The molecule has 0 bridgehead atoms. The van der Waals surface area contributed by atoms with E-state index in [0.29, 0.717) is 25.1 Å². The molecule has 0 aromatic heterocycles. The molecule has 2 aliphatic rings. The smallest absolute Gasteiger partial charge is 0.246 e. The molecule has 1 aromatic rings. The first-order chi connectivity index (χ1) is 11.3. The van der Waals surface area contributed by atoms with E-state index in [1.54, 1.807) is 24.3 Å². The van der Waals surface area contributed by atoms with Gasteiger partial charge in [0.25, 0.3) is 0 Å². The first kappa shape index (κ1) is 17.6. The molecule has 1 N–H and O–H groups in total. The maximum absolute atomic E-state index is 12.6. The summed E-state index contributed by atoms with van der Waals surface area (Å²) < 4.78 is 30.6. The maximum Gasteiger partial charge on any atom is 0.246 e. The van der Waals surface area contributed by atoms with Gasteiger partial charge >= 0.3 is 0 Å². The fourth-order valence-electron chi connectivity index (χ4n) is 2.82. The van der Waals surface area contributed by atoms with Crippen molar-refractivity contribution >= 4 is 33.4 Å². The number of hydrogen-bond acceptors (Lipinski definition) is 5. The van der Waals surface area contributed by atoms with E-state index in [1.807, 2.05) is 11.8 Å². The number of thioether (sulfide) groups is 1. The lowest BCUT2D eigenvalue weighted by atomic mass is 10.0. The number of ether oxygens (including phenoxy) is 1. The highest BCUT2D eigenvalue weighted by Crippen LogP contribution is 2.32. The molecule has 0 saturated carbocycles. The highest BCUT2D eigenvalue weighted by atomic mass is 32.2. The van der Waals surface area contributed by atoms with E-state index in [2.05, 4.69) is 5.32 Å². The molecule has 0 spiro atoms. The van der Waals surface area contributed by atoms with Gasteiger partial charge in [0.2, 0.25) is 15.9 Å². The summed E-state index contributed by atoms with van der Waals surface area (Å²) in [4.78, 5) is 12.6. The summed E-state index contributed by atoms with van der Waals surface area (Å²) in [6.45, 7) is 1.95. The van der Waals surface area contributed by atoms with Gasteiger partial charge in [-0.25, -0.2) is 12.7 Å². The molecule has 1 aromatic carbocycles. The van der Waals surface area contributed by atoms with E-state index < -0.39 is 20.7 Å². The van der Waals surface area contributed by atoms with Gasteiger partial charge in [-0.1, -0.05) is 0 Å². The number of hydrogen-bond donors (Lipinski definition) is 1. The van der Waals surface area contributed by atoms with Crippen LogP contribution in [-0.4, -0.2) is 54.6 Å². The SMILES string of the molecule is CN1CCC[C@@](C)(C(=O)Nc2ccc(OC3CSC3)cc2)S1(=O)=O. The Labute approximate surface area is 147 Å². The van der Waals surface area contributed by atoms with Crippen molar-refractivity contribution in [3.63, 3.8) is 0 Å². The number of anilines is 1. The Hall–Kier alpha value is -1.25. The zero-order valence-corrected chi connectivity index (χ0v) is 15.5. The first-order valence-corrected chi connectivity index (χ1v) is 10.5. The lowest BCUT2D eigenvalue weighted by Crippen LogP contribution is -2.56. The largest absolute Gasteiger partial charge is 0.489 e. The second-order valence-electron chi connectivity index (χ2n) is 6.42. The minimum absolute atomic E-state index is 0.261. The molecule has 1 atom stereocenters. The van der Waals surface area contributed by atoms with Crippen LogP contribution in [0.25, 0.3) is 0 Å². The second-order valence-corrected chi connectivity index (χ2v) is 9.97. The molecule has 2 heterocycles. The predicted octanol–water partition coefficient (Wildman–Crippen LogP) is 1.93. The lowest BCUT2D eigenvalue weighted by Gasteiger charge is -2.36. The van der Waals surface area contributed by atoms with Crippen molar-refractivity contribution in [2.24, 2.45) is 0 Å². The molecule has 2 fully saturated rings. The normalized spacial score (nSPS) is 27.2. The fourth-order valence-corrected chi connectivity index (χ4v) is 5.13. The van der Waals surface area contributed by atoms with Crippen molar-refractivity contribution in [2.45, 2.75) is 30.6 Å². The third-order valence-corrected chi connectivity index (χ3v) is 8.36. The molecule has 2 saturated heterocycles. The third kappa shape index (κ3) is 3.14. The van der Waals surface area contributed by atoms with E-state index in [0.717, 1.165) is 17.3 Å². The van der Waals surface area contributed by atoms with Crippen LogP contribution >= 0.6 is 11.8 Å². The fraction of sp³-hybridized carbons (Fsp3) is 0.562. The van der Waals surface area contributed by atoms with Crippen LogP contribution in [0.2, 0.25) is 0 Å². The van der Waals surface area contributed by atoms with Crippen molar-refractivity contribution in [1.82, 2.24) is 4.31 Å². The molecule has 132 valence electrons. The number of carbonyl (C=O) groups is 1. The summed E-state index contributed by atoms with van der Waals surface area (Å²) in [5.74, 6) is 2.28. The summed E-state index contributed by atoms with van der Waals surface area (Å²) in [7, 11) is -2.13. The van der Waals surface area contributed by atoms with Gasteiger partial charge in [0.05, 0.1) is 0 Å². The monoisotopic (exact) mass is 370 g/mol. The number of carbonyl (C=O) groups excluding carboxylic acids is 1. The van der Waals surface area contributed by atoms with Crippen LogP contribution in [0.5, 0.6) is 5.75 Å². The average Bonchev–Trinajstić information content (AvgIpc) is 2.50. The highest BCUT2D eigenvalue weighted by molar-refractivity contribution is 8.00. The van der Waals surface area contributed by atoms with Gasteiger partial charge < -0.3 is 10.1 Å². The number of nitrogens with one attached hydrogen (secondary N) is 1. The summed E-state index contributed by atoms with van der Waals surface area (Å²) in [6.07, 6.45) is 1.26. The number of benzene rings is 1. The summed E-state index contributed by atoms with van der Waals surface area (Å²) in [5, 5.41) is 2.73. The molecule has 0 radical (unpaired) electrons. The van der Waals surface area contributed by atoms with Crippen molar-refractivity contribution in [2.75, 3.05) is 30.4 Å². The van der Waals surface area contributed by atoms with Gasteiger partial charge in [-0.05, 0) is 44.0 Å². The third-order valence-electron chi connectivity index (χ3n) is 4.61. The molecule has 0 unspecified atom stereocenters. The summed E-state index contributed by atoms with van der Waals surface area (Å²) >= 11 is 1.85. The molecule has 6 nitrogen and oxygen atoms in total. The number of amides is 1. The van der Waals surface area contributed by atoms with Gasteiger partial charge in [0, 0.05) is 30.8 Å². The van der Waals surface area contributed by atoms with Crippen molar-refractivity contribution < 1.29 is 17.9 Å². The van der Waals surface area contributed by atoms with Crippen molar-refractivity contribution in [1.29, 1.82) is 0 Å². The zero-order valence-electron chi connectivity index (χ0n) is 13.8. The van der Waals surface area contributed by atoms with Gasteiger partial charge in [-0.15, -0.1) is 0 Å². The van der Waals surface area contributed by atoms with E-state index >= 15 is 0 Å². The minimum atomic E-state index is -3.65. The summed E-state index contributed by atoms with van der Waals surface area (Å²) in [5.41, 5.74) is 0.569. The van der Waals surface area contributed by atoms with Crippen LogP contribution < -0.4 is 10.1 Å². The number of rotatable bonds is 4. The molecule has 3 rings (SSSR count).